The van der Waals surface area contributed by atoms with Crippen molar-refractivity contribution in [3.8, 4) is 0 Å². The van der Waals surface area contributed by atoms with E-state index in [1.807, 2.05) is 36.4 Å². The molecule has 0 saturated heterocycles. The van der Waals surface area contributed by atoms with Crippen LogP contribution in [-0.4, -0.2) is 17.4 Å². The first kappa shape index (κ1) is 11.4. The standard InChI is InChI=1S/C14H11BrN2O/c15-11-5-7-16-13(9-11)17-8-6-10-3-1-2-4-12(10)14(17)18/h1-5,7,9H,6,8H2. The van der Waals surface area contributed by atoms with Crippen molar-refractivity contribution >= 4 is 27.7 Å². The number of benzene rings is 1. The zero-order valence-corrected chi connectivity index (χ0v) is 11.2. The van der Waals surface area contributed by atoms with E-state index >= 15 is 0 Å². The fourth-order valence-corrected chi connectivity index (χ4v) is 2.51. The lowest BCUT2D eigenvalue weighted by Gasteiger charge is -2.27. The lowest BCUT2D eigenvalue weighted by Crippen LogP contribution is -2.38. The van der Waals surface area contributed by atoms with Crippen molar-refractivity contribution < 1.29 is 4.79 Å². The molecule has 1 aliphatic heterocycles. The molecule has 0 unspecified atom stereocenters. The summed E-state index contributed by atoms with van der Waals surface area (Å²) in [4.78, 5) is 18.4. The van der Waals surface area contributed by atoms with Crippen LogP contribution in [0.4, 0.5) is 5.82 Å². The molecule has 1 amide bonds. The molecule has 1 aromatic carbocycles. The normalized spacial score (nSPS) is 14.5. The summed E-state index contributed by atoms with van der Waals surface area (Å²) in [5.41, 5.74) is 1.90. The number of hydrogen-bond donors (Lipinski definition) is 0. The largest absolute Gasteiger partial charge is 0.292 e. The quantitative estimate of drug-likeness (QED) is 0.811. The maximum Gasteiger partial charge on any atom is 0.259 e. The SMILES string of the molecule is O=C1c2ccccc2CCN1c1cc(Br)ccn1. The van der Waals surface area contributed by atoms with Crippen LogP contribution in [0.1, 0.15) is 15.9 Å². The van der Waals surface area contributed by atoms with Crippen LogP contribution in [0.5, 0.6) is 0 Å². The minimum absolute atomic E-state index is 0.0300. The van der Waals surface area contributed by atoms with Crippen molar-refractivity contribution in [3.05, 3.63) is 58.2 Å². The van der Waals surface area contributed by atoms with E-state index < -0.39 is 0 Å². The third-order valence-electron chi connectivity index (χ3n) is 3.08. The molecule has 0 atom stereocenters. The summed E-state index contributed by atoms with van der Waals surface area (Å²) in [7, 11) is 0. The fraction of sp³-hybridized carbons (Fsp3) is 0.143. The smallest absolute Gasteiger partial charge is 0.259 e. The molecule has 0 fully saturated rings. The molecular weight excluding hydrogens is 292 g/mol. The maximum atomic E-state index is 12.4. The van der Waals surface area contributed by atoms with Gasteiger partial charge in [-0.15, -0.1) is 0 Å². The highest BCUT2D eigenvalue weighted by molar-refractivity contribution is 9.10. The van der Waals surface area contributed by atoms with Gasteiger partial charge in [-0.3, -0.25) is 9.69 Å². The Balaban J connectivity index is 2.00. The molecule has 2 heterocycles. The van der Waals surface area contributed by atoms with Crippen LogP contribution in [0.25, 0.3) is 0 Å². The summed E-state index contributed by atoms with van der Waals surface area (Å²) in [6, 6.07) is 11.5. The molecule has 0 radical (unpaired) electrons. The van der Waals surface area contributed by atoms with Crippen LogP contribution in [0.3, 0.4) is 0 Å². The molecule has 0 aliphatic carbocycles. The minimum Gasteiger partial charge on any atom is -0.292 e. The average Bonchev–Trinajstić information content (AvgIpc) is 2.39. The molecule has 3 rings (SSSR count). The van der Waals surface area contributed by atoms with Gasteiger partial charge in [0.25, 0.3) is 5.91 Å². The first-order chi connectivity index (χ1) is 8.75. The lowest BCUT2D eigenvalue weighted by atomic mass is 9.99. The highest BCUT2D eigenvalue weighted by Gasteiger charge is 2.25. The summed E-state index contributed by atoms with van der Waals surface area (Å²) in [6.45, 7) is 0.680. The Labute approximate surface area is 114 Å². The van der Waals surface area contributed by atoms with Gasteiger partial charge >= 0.3 is 0 Å². The number of carbonyl (C=O) groups is 1. The van der Waals surface area contributed by atoms with E-state index in [0.29, 0.717) is 12.4 Å². The molecular formula is C14H11BrN2O. The zero-order valence-electron chi connectivity index (χ0n) is 9.64. The average molecular weight is 303 g/mol. The topological polar surface area (TPSA) is 33.2 Å². The Hall–Kier alpha value is -1.68. The number of anilines is 1. The molecule has 1 aromatic heterocycles. The van der Waals surface area contributed by atoms with E-state index in [4.69, 9.17) is 0 Å². The number of halogens is 1. The van der Waals surface area contributed by atoms with Crippen molar-refractivity contribution in [1.82, 2.24) is 4.98 Å². The highest BCUT2D eigenvalue weighted by atomic mass is 79.9. The summed E-state index contributed by atoms with van der Waals surface area (Å²) in [5.74, 6) is 0.728. The number of pyridine rings is 1. The molecule has 1 aliphatic rings. The monoisotopic (exact) mass is 302 g/mol. The summed E-state index contributed by atoms with van der Waals surface area (Å²) < 4.78 is 0.930. The molecule has 0 saturated carbocycles. The number of fused-ring (bicyclic) bond motifs is 1. The van der Waals surface area contributed by atoms with Crippen LogP contribution >= 0.6 is 15.9 Å². The van der Waals surface area contributed by atoms with Crippen molar-refractivity contribution in [2.24, 2.45) is 0 Å². The lowest BCUT2D eigenvalue weighted by molar-refractivity contribution is 0.0980. The highest BCUT2D eigenvalue weighted by Crippen LogP contribution is 2.24. The number of nitrogens with zero attached hydrogens (tertiary/aromatic N) is 2. The molecule has 3 nitrogen and oxygen atoms in total. The van der Waals surface area contributed by atoms with Gasteiger partial charge in [-0.1, -0.05) is 34.1 Å². The van der Waals surface area contributed by atoms with Crippen molar-refractivity contribution in [3.63, 3.8) is 0 Å². The number of rotatable bonds is 1. The Bertz CT molecular complexity index is 612. The van der Waals surface area contributed by atoms with E-state index in [-0.39, 0.29) is 5.91 Å². The van der Waals surface area contributed by atoms with Crippen molar-refractivity contribution in [1.29, 1.82) is 0 Å². The van der Waals surface area contributed by atoms with Crippen molar-refractivity contribution in [2.45, 2.75) is 6.42 Å². The molecule has 2 aromatic rings. The van der Waals surface area contributed by atoms with Gasteiger partial charge in [-0.05, 0) is 30.2 Å². The van der Waals surface area contributed by atoms with Gasteiger partial charge in [-0.2, -0.15) is 0 Å². The predicted octanol–water partition coefficient (Wildman–Crippen LogP) is 3.05. The predicted molar refractivity (Wildman–Crippen MR) is 73.8 cm³/mol. The van der Waals surface area contributed by atoms with E-state index in [1.165, 1.54) is 0 Å². The number of hydrogen-bond acceptors (Lipinski definition) is 2. The third kappa shape index (κ3) is 1.93. The van der Waals surface area contributed by atoms with Crippen LogP contribution in [0.2, 0.25) is 0 Å². The second-order valence-corrected chi connectivity index (χ2v) is 5.11. The van der Waals surface area contributed by atoms with Crippen LogP contribution in [0, 0.1) is 0 Å². The van der Waals surface area contributed by atoms with Crippen LogP contribution in [0.15, 0.2) is 47.1 Å². The zero-order chi connectivity index (χ0) is 12.5. The Morgan fingerprint density at radius 2 is 2.06 bits per heavy atom. The second-order valence-electron chi connectivity index (χ2n) is 4.20. The molecule has 0 spiro atoms. The fourth-order valence-electron chi connectivity index (χ4n) is 2.19. The first-order valence-corrected chi connectivity index (χ1v) is 6.56. The summed E-state index contributed by atoms with van der Waals surface area (Å²) in [6.07, 6.45) is 2.57. The summed E-state index contributed by atoms with van der Waals surface area (Å²) in [5, 5.41) is 0. The van der Waals surface area contributed by atoms with Gasteiger partial charge in [-0.25, -0.2) is 4.98 Å². The number of amides is 1. The van der Waals surface area contributed by atoms with Crippen LogP contribution in [-0.2, 0) is 6.42 Å². The van der Waals surface area contributed by atoms with E-state index in [1.54, 1.807) is 11.1 Å². The summed E-state index contributed by atoms with van der Waals surface area (Å²) >= 11 is 3.40. The van der Waals surface area contributed by atoms with Gasteiger partial charge in [0.2, 0.25) is 0 Å². The van der Waals surface area contributed by atoms with E-state index in [2.05, 4.69) is 20.9 Å². The van der Waals surface area contributed by atoms with Crippen molar-refractivity contribution in [2.75, 3.05) is 11.4 Å². The first-order valence-electron chi connectivity index (χ1n) is 5.77. The Morgan fingerprint density at radius 1 is 1.22 bits per heavy atom. The molecule has 18 heavy (non-hydrogen) atoms. The second kappa shape index (κ2) is 4.53. The van der Waals surface area contributed by atoms with E-state index in [9.17, 15) is 4.79 Å². The molecule has 90 valence electrons. The minimum atomic E-state index is 0.0300. The van der Waals surface area contributed by atoms with Crippen LogP contribution < -0.4 is 4.90 Å². The van der Waals surface area contributed by atoms with E-state index in [0.717, 1.165) is 22.0 Å². The van der Waals surface area contributed by atoms with Gasteiger partial charge in [0.1, 0.15) is 5.82 Å². The van der Waals surface area contributed by atoms with Gasteiger partial charge in [0.05, 0.1) is 0 Å². The van der Waals surface area contributed by atoms with Gasteiger partial charge in [0.15, 0.2) is 0 Å². The molecule has 0 N–H and O–H groups in total. The molecule has 0 bridgehead atoms. The Morgan fingerprint density at radius 3 is 2.89 bits per heavy atom. The third-order valence-corrected chi connectivity index (χ3v) is 3.58. The number of carbonyl (C=O) groups excluding carboxylic acids is 1. The maximum absolute atomic E-state index is 12.4. The Kier molecular flexibility index (Phi) is 2.88. The van der Waals surface area contributed by atoms with Gasteiger partial charge in [0, 0.05) is 22.8 Å². The number of aromatic nitrogens is 1. The molecule has 4 heteroatoms. The van der Waals surface area contributed by atoms with Gasteiger partial charge < -0.3 is 0 Å².